The summed E-state index contributed by atoms with van der Waals surface area (Å²) in [6.45, 7) is 3.97. The molecule has 0 aliphatic rings. The molecule has 0 bridgehead atoms. The van der Waals surface area contributed by atoms with E-state index in [1.807, 2.05) is 12.3 Å². The van der Waals surface area contributed by atoms with Crippen LogP contribution in [0.5, 0.6) is 0 Å². The van der Waals surface area contributed by atoms with Crippen LogP contribution in [0.4, 0.5) is 0 Å². The first-order valence-corrected chi connectivity index (χ1v) is 9.81. The van der Waals surface area contributed by atoms with Crippen molar-refractivity contribution in [3.8, 4) is 10.6 Å². The summed E-state index contributed by atoms with van der Waals surface area (Å²) < 4.78 is 17.6. The van der Waals surface area contributed by atoms with E-state index in [2.05, 4.69) is 41.2 Å². The number of hydrogen-bond acceptors (Lipinski definition) is 5. The Balaban J connectivity index is 1.65. The zero-order chi connectivity index (χ0) is 16.2. The highest BCUT2D eigenvalue weighted by Crippen LogP contribution is 2.25. The molecule has 0 aliphatic heterocycles. The van der Waals surface area contributed by atoms with Gasteiger partial charge in [-0.25, -0.2) is 9.97 Å². The molecular weight excluding hydrogens is 328 g/mol. The zero-order valence-corrected chi connectivity index (χ0v) is 14.7. The molecule has 0 aliphatic carbocycles. The van der Waals surface area contributed by atoms with Crippen LogP contribution in [-0.2, 0) is 28.7 Å². The summed E-state index contributed by atoms with van der Waals surface area (Å²) in [4.78, 5) is 8.69. The molecule has 3 rings (SSSR count). The van der Waals surface area contributed by atoms with Crippen LogP contribution in [0.15, 0.2) is 40.3 Å². The van der Waals surface area contributed by atoms with Crippen LogP contribution >= 0.6 is 11.3 Å². The minimum atomic E-state index is -1.07. The third kappa shape index (κ3) is 4.14. The lowest BCUT2D eigenvalue weighted by Gasteiger charge is -1.99. The summed E-state index contributed by atoms with van der Waals surface area (Å²) in [7, 11) is -1.07. The van der Waals surface area contributed by atoms with Crippen molar-refractivity contribution in [1.82, 2.24) is 9.97 Å². The summed E-state index contributed by atoms with van der Waals surface area (Å²) in [6, 6.07) is 8.43. The number of rotatable bonds is 6. The molecule has 3 aromatic rings. The Morgan fingerprint density at radius 2 is 2.00 bits per heavy atom. The quantitative estimate of drug-likeness (QED) is 0.674. The normalized spacial score (nSPS) is 12.4. The Kier molecular flexibility index (Phi) is 5.03. The Morgan fingerprint density at radius 1 is 1.22 bits per heavy atom. The van der Waals surface area contributed by atoms with Crippen LogP contribution in [0, 0.1) is 6.92 Å². The number of thiazole rings is 1. The van der Waals surface area contributed by atoms with E-state index in [9.17, 15) is 4.21 Å². The lowest BCUT2D eigenvalue weighted by atomic mass is 10.1. The fourth-order valence-electron chi connectivity index (χ4n) is 2.21. The van der Waals surface area contributed by atoms with E-state index in [0.29, 0.717) is 17.4 Å². The number of oxazole rings is 1. The van der Waals surface area contributed by atoms with Gasteiger partial charge in [-0.15, -0.1) is 11.3 Å². The molecule has 0 saturated carbocycles. The number of aryl methyl sites for hydroxylation is 2. The van der Waals surface area contributed by atoms with E-state index in [4.69, 9.17) is 4.42 Å². The Bertz CT molecular complexity index is 806. The van der Waals surface area contributed by atoms with Gasteiger partial charge in [0.15, 0.2) is 0 Å². The first-order chi connectivity index (χ1) is 11.1. The molecule has 0 unspecified atom stereocenters. The second-order valence-electron chi connectivity index (χ2n) is 5.29. The van der Waals surface area contributed by atoms with E-state index in [-0.39, 0.29) is 0 Å². The number of aromatic nitrogens is 2. The molecule has 120 valence electrons. The van der Waals surface area contributed by atoms with Gasteiger partial charge in [0.1, 0.15) is 16.5 Å². The van der Waals surface area contributed by atoms with Crippen LogP contribution in [0.2, 0.25) is 0 Å². The molecule has 0 amide bonds. The van der Waals surface area contributed by atoms with Crippen LogP contribution in [-0.4, -0.2) is 14.2 Å². The van der Waals surface area contributed by atoms with Gasteiger partial charge in [-0.05, 0) is 18.9 Å². The molecule has 23 heavy (non-hydrogen) atoms. The standard InChI is InChI=1S/C17H18N2O2S2/c1-3-13-4-6-14(7-5-13)17-19-15(9-22-17)10-23(20)11-16-18-8-12(2)21-16/h4-9H,3,10-11H2,1-2H3/t23-/m1/s1. The molecular formula is C17H18N2O2S2. The van der Waals surface area contributed by atoms with Gasteiger partial charge in [0.25, 0.3) is 0 Å². The predicted molar refractivity (Wildman–Crippen MR) is 93.7 cm³/mol. The van der Waals surface area contributed by atoms with Crippen molar-refractivity contribution in [1.29, 1.82) is 0 Å². The second kappa shape index (κ2) is 7.19. The second-order valence-corrected chi connectivity index (χ2v) is 7.60. The molecule has 1 atom stereocenters. The summed E-state index contributed by atoms with van der Waals surface area (Å²) >= 11 is 1.58. The maximum Gasteiger partial charge on any atom is 0.206 e. The fraction of sp³-hybridized carbons (Fsp3) is 0.294. The minimum Gasteiger partial charge on any atom is -0.445 e. The van der Waals surface area contributed by atoms with Crippen molar-refractivity contribution in [3.63, 3.8) is 0 Å². The van der Waals surface area contributed by atoms with Gasteiger partial charge >= 0.3 is 0 Å². The van der Waals surface area contributed by atoms with E-state index in [1.165, 1.54) is 5.56 Å². The third-order valence-corrected chi connectivity index (χ3v) is 5.55. The van der Waals surface area contributed by atoms with Gasteiger partial charge < -0.3 is 4.42 Å². The predicted octanol–water partition coefficient (Wildman–Crippen LogP) is 4.12. The van der Waals surface area contributed by atoms with Crippen LogP contribution < -0.4 is 0 Å². The molecule has 0 fully saturated rings. The summed E-state index contributed by atoms with van der Waals surface area (Å²) in [5.41, 5.74) is 3.27. The van der Waals surface area contributed by atoms with E-state index < -0.39 is 10.8 Å². The summed E-state index contributed by atoms with van der Waals surface area (Å²) in [6.07, 6.45) is 2.68. The third-order valence-electron chi connectivity index (χ3n) is 3.42. The number of benzene rings is 1. The molecule has 2 aromatic heterocycles. The monoisotopic (exact) mass is 346 g/mol. The van der Waals surface area contributed by atoms with E-state index >= 15 is 0 Å². The molecule has 1 aromatic carbocycles. The van der Waals surface area contributed by atoms with Crippen molar-refractivity contribution >= 4 is 22.1 Å². The first-order valence-electron chi connectivity index (χ1n) is 7.44. The highest BCUT2D eigenvalue weighted by atomic mass is 32.2. The number of hydrogen-bond donors (Lipinski definition) is 0. The van der Waals surface area contributed by atoms with Crippen LogP contribution in [0.25, 0.3) is 10.6 Å². The highest BCUT2D eigenvalue weighted by molar-refractivity contribution is 7.83. The summed E-state index contributed by atoms with van der Waals surface area (Å²) in [5.74, 6) is 2.01. The number of nitrogens with zero attached hydrogens (tertiary/aromatic N) is 2. The average molecular weight is 346 g/mol. The fourth-order valence-corrected chi connectivity index (χ4v) is 4.13. The highest BCUT2D eigenvalue weighted by Gasteiger charge is 2.11. The van der Waals surface area contributed by atoms with Crippen molar-refractivity contribution in [2.45, 2.75) is 31.8 Å². The average Bonchev–Trinajstić information content (AvgIpc) is 3.16. The van der Waals surface area contributed by atoms with Crippen molar-refractivity contribution in [3.05, 3.63) is 58.8 Å². The zero-order valence-electron chi connectivity index (χ0n) is 13.1. The van der Waals surface area contributed by atoms with Gasteiger partial charge in [-0.2, -0.15) is 0 Å². The Labute approximate surface area is 142 Å². The van der Waals surface area contributed by atoms with Gasteiger partial charge in [-0.1, -0.05) is 31.2 Å². The molecule has 0 N–H and O–H groups in total. The van der Waals surface area contributed by atoms with Crippen molar-refractivity contribution < 1.29 is 8.63 Å². The largest absolute Gasteiger partial charge is 0.445 e. The van der Waals surface area contributed by atoms with Crippen LogP contribution in [0.3, 0.4) is 0 Å². The lowest BCUT2D eigenvalue weighted by Crippen LogP contribution is -2.00. The summed E-state index contributed by atoms with van der Waals surface area (Å²) in [5, 5.41) is 2.94. The molecule has 0 spiro atoms. The van der Waals surface area contributed by atoms with E-state index in [1.54, 1.807) is 17.5 Å². The van der Waals surface area contributed by atoms with Gasteiger partial charge in [0.05, 0.1) is 17.6 Å². The maximum absolute atomic E-state index is 12.2. The molecule has 4 nitrogen and oxygen atoms in total. The molecule has 0 radical (unpaired) electrons. The van der Waals surface area contributed by atoms with Gasteiger partial charge in [0.2, 0.25) is 5.89 Å². The maximum atomic E-state index is 12.2. The SMILES string of the molecule is CCc1ccc(-c2nc(C[S@@](=O)Cc3ncc(C)o3)cs2)cc1. The van der Waals surface area contributed by atoms with Gasteiger partial charge in [0, 0.05) is 21.7 Å². The molecule has 6 heteroatoms. The Morgan fingerprint density at radius 3 is 2.65 bits per heavy atom. The van der Waals surface area contributed by atoms with Crippen molar-refractivity contribution in [2.24, 2.45) is 0 Å². The topological polar surface area (TPSA) is 56.0 Å². The lowest BCUT2D eigenvalue weighted by molar-refractivity contribution is 0.488. The minimum absolute atomic E-state index is 0.325. The van der Waals surface area contributed by atoms with Crippen molar-refractivity contribution in [2.75, 3.05) is 0 Å². The van der Waals surface area contributed by atoms with Gasteiger partial charge in [-0.3, -0.25) is 4.21 Å². The first kappa shape index (κ1) is 16.1. The molecule has 2 heterocycles. The molecule has 0 saturated heterocycles. The Hall–Kier alpha value is -1.79. The van der Waals surface area contributed by atoms with Crippen LogP contribution in [0.1, 0.15) is 29.8 Å². The smallest absolute Gasteiger partial charge is 0.206 e. The van der Waals surface area contributed by atoms with E-state index in [0.717, 1.165) is 28.4 Å².